The highest BCUT2D eigenvalue weighted by molar-refractivity contribution is 6.31. The average Bonchev–Trinajstić information content (AvgIpc) is 2.55. The fraction of sp³-hybridized carbons (Fsp3) is 0.524. The van der Waals surface area contributed by atoms with Crippen LogP contribution in [0.3, 0.4) is 0 Å². The summed E-state index contributed by atoms with van der Waals surface area (Å²) in [6.07, 6.45) is 6.54. The van der Waals surface area contributed by atoms with Gasteiger partial charge in [0, 0.05) is 40.8 Å². The maximum absolute atomic E-state index is 12.1. The van der Waals surface area contributed by atoms with Crippen LogP contribution in [0.4, 0.5) is 5.69 Å². The van der Waals surface area contributed by atoms with Crippen molar-refractivity contribution in [3.63, 3.8) is 0 Å². The zero-order chi connectivity index (χ0) is 18.7. The van der Waals surface area contributed by atoms with Crippen LogP contribution in [0.15, 0.2) is 30.5 Å². The number of halogens is 1. The molecule has 0 atom stereocenters. The molecule has 3 rings (SSSR count). The first-order valence-corrected chi connectivity index (χ1v) is 9.78. The van der Waals surface area contributed by atoms with Crippen molar-refractivity contribution in [2.45, 2.75) is 65.0 Å². The molecule has 1 amide bonds. The van der Waals surface area contributed by atoms with Gasteiger partial charge in [-0.15, -0.1) is 0 Å². The zero-order valence-electron chi connectivity index (χ0n) is 15.8. The number of rotatable bonds is 4. The van der Waals surface area contributed by atoms with Crippen molar-refractivity contribution in [2.24, 2.45) is 5.41 Å². The van der Waals surface area contributed by atoms with E-state index in [4.69, 9.17) is 11.6 Å². The minimum absolute atomic E-state index is 0.0359. The van der Waals surface area contributed by atoms with Gasteiger partial charge in [0.2, 0.25) is 5.91 Å². The quantitative estimate of drug-likeness (QED) is 0.777. The smallest absolute Gasteiger partial charge is 0.220 e. The summed E-state index contributed by atoms with van der Waals surface area (Å²) in [5.74, 6) is 0.172. The fourth-order valence-corrected chi connectivity index (χ4v) is 3.78. The molecule has 5 heteroatoms. The van der Waals surface area contributed by atoms with E-state index in [1.54, 1.807) is 0 Å². The number of pyridine rings is 1. The Hall–Kier alpha value is -1.81. The van der Waals surface area contributed by atoms with Crippen molar-refractivity contribution in [3.05, 3.63) is 35.5 Å². The van der Waals surface area contributed by atoms with Crippen LogP contribution in [0, 0.1) is 5.41 Å². The zero-order valence-corrected chi connectivity index (χ0v) is 16.6. The fourth-order valence-electron chi connectivity index (χ4n) is 3.61. The summed E-state index contributed by atoms with van der Waals surface area (Å²) in [6, 6.07) is 8.56. The molecular formula is C21H28ClN3O. The minimum Gasteiger partial charge on any atom is -0.382 e. The highest BCUT2D eigenvalue weighted by atomic mass is 35.5. The molecule has 1 fully saturated rings. The Kier molecular flexibility index (Phi) is 5.71. The first-order valence-electron chi connectivity index (χ1n) is 9.40. The van der Waals surface area contributed by atoms with Crippen molar-refractivity contribution in [1.29, 1.82) is 0 Å². The highest BCUT2D eigenvalue weighted by Gasteiger charge is 2.24. The molecule has 0 unspecified atom stereocenters. The Morgan fingerprint density at radius 3 is 2.54 bits per heavy atom. The predicted molar refractivity (Wildman–Crippen MR) is 109 cm³/mol. The predicted octanol–water partition coefficient (Wildman–Crippen LogP) is 5.16. The van der Waals surface area contributed by atoms with Crippen molar-refractivity contribution >= 4 is 34.1 Å². The SMILES string of the molecule is CC(C)(C)CC(=O)NC1CCC(Nc2ccnc3cc(Cl)ccc23)CC1. The number of carbonyl (C=O) groups is 1. The second kappa shape index (κ2) is 7.83. The van der Waals surface area contributed by atoms with Crippen molar-refractivity contribution in [1.82, 2.24) is 10.3 Å². The topological polar surface area (TPSA) is 54.0 Å². The third kappa shape index (κ3) is 5.10. The van der Waals surface area contributed by atoms with Gasteiger partial charge in [0.15, 0.2) is 0 Å². The number of aromatic nitrogens is 1. The average molecular weight is 374 g/mol. The first kappa shape index (κ1) is 19.0. The van der Waals surface area contributed by atoms with Crippen LogP contribution < -0.4 is 10.6 Å². The maximum Gasteiger partial charge on any atom is 0.220 e. The number of nitrogens with zero attached hydrogens (tertiary/aromatic N) is 1. The monoisotopic (exact) mass is 373 g/mol. The molecule has 0 radical (unpaired) electrons. The largest absolute Gasteiger partial charge is 0.382 e. The molecule has 2 N–H and O–H groups in total. The summed E-state index contributed by atoms with van der Waals surface area (Å²) >= 11 is 6.07. The number of fused-ring (bicyclic) bond motifs is 1. The minimum atomic E-state index is 0.0359. The van der Waals surface area contributed by atoms with E-state index < -0.39 is 0 Å². The summed E-state index contributed by atoms with van der Waals surface area (Å²) in [4.78, 5) is 16.5. The van der Waals surface area contributed by atoms with Crippen molar-refractivity contribution < 1.29 is 4.79 Å². The summed E-state index contributed by atoms with van der Waals surface area (Å²) in [7, 11) is 0. The van der Waals surface area contributed by atoms with Crippen LogP contribution >= 0.6 is 11.6 Å². The van der Waals surface area contributed by atoms with Gasteiger partial charge in [-0.05, 0) is 55.4 Å². The van der Waals surface area contributed by atoms with Crippen molar-refractivity contribution in [2.75, 3.05) is 5.32 Å². The van der Waals surface area contributed by atoms with Gasteiger partial charge in [-0.2, -0.15) is 0 Å². The Morgan fingerprint density at radius 2 is 1.85 bits per heavy atom. The number of benzene rings is 1. The van der Waals surface area contributed by atoms with E-state index in [-0.39, 0.29) is 11.3 Å². The van der Waals surface area contributed by atoms with E-state index in [0.717, 1.165) is 42.3 Å². The van der Waals surface area contributed by atoms with Crippen molar-refractivity contribution in [3.8, 4) is 0 Å². The summed E-state index contributed by atoms with van der Waals surface area (Å²) in [5, 5.41) is 8.66. The van der Waals surface area contributed by atoms with Gasteiger partial charge in [-0.1, -0.05) is 32.4 Å². The highest BCUT2D eigenvalue weighted by Crippen LogP contribution is 2.28. The molecule has 0 bridgehead atoms. The van der Waals surface area contributed by atoms with Gasteiger partial charge in [0.1, 0.15) is 0 Å². The van der Waals surface area contributed by atoms with Gasteiger partial charge >= 0.3 is 0 Å². The molecule has 1 saturated carbocycles. The molecule has 1 aromatic heterocycles. The normalized spacial score (nSPS) is 20.8. The van der Waals surface area contributed by atoms with E-state index in [0.29, 0.717) is 23.5 Å². The molecule has 0 saturated heterocycles. The molecule has 4 nitrogen and oxygen atoms in total. The van der Waals surface area contributed by atoms with E-state index in [2.05, 4.69) is 36.4 Å². The van der Waals surface area contributed by atoms with Gasteiger partial charge in [-0.25, -0.2) is 0 Å². The van der Waals surface area contributed by atoms with E-state index in [9.17, 15) is 4.79 Å². The number of hydrogen-bond donors (Lipinski definition) is 2. The maximum atomic E-state index is 12.1. The molecular weight excluding hydrogens is 346 g/mol. The number of hydrogen-bond acceptors (Lipinski definition) is 3. The second-order valence-corrected chi connectivity index (χ2v) is 8.95. The molecule has 1 aromatic carbocycles. The summed E-state index contributed by atoms with van der Waals surface area (Å²) in [5.41, 5.74) is 2.05. The Labute approximate surface area is 160 Å². The van der Waals surface area contributed by atoms with Crippen LogP contribution in [-0.2, 0) is 4.79 Å². The molecule has 26 heavy (non-hydrogen) atoms. The number of carbonyl (C=O) groups excluding carboxylic acids is 1. The summed E-state index contributed by atoms with van der Waals surface area (Å²) in [6.45, 7) is 6.29. The molecule has 1 aliphatic carbocycles. The van der Waals surface area contributed by atoms with Gasteiger partial charge < -0.3 is 10.6 Å². The molecule has 0 aliphatic heterocycles. The van der Waals surface area contributed by atoms with Crippen LogP contribution in [0.1, 0.15) is 52.9 Å². The lowest BCUT2D eigenvalue weighted by Gasteiger charge is -2.31. The summed E-state index contributed by atoms with van der Waals surface area (Å²) < 4.78 is 0. The second-order valence-electron chi connectivity index (χ2n) is 8.52. The van der Waals surface area contributed by atoms with Crippen LogP contribution in [0.2, 0.25) is 5.02 Å². The molecule has 1 aliphatic rings. The standard InChI is InChI=1S/C21H28ClN3O/c1-21(2,3)13-20(26)25-16-7-5-15(6-8-16)24-18-10-11-23-19-12-14(22)4-9-17(18)19/h4,9-12,15-16H,5-8,13H2,1-3H3,(H,23,24)(H,25,26). The molecule has 1 heterocycles. The Balaban J connectivity index is 1.55. The number of anilines is 1. The Bertz CT molecular complexity index is 776. The van der Waals surface area contributed by atoms with Crippen LogP contribution in [-0.4, -0.2) is 23.0 Å². The van der Waals surface area contributed by atoms with Crippen LogP contribution in [0.25, 0.3) is 10.9 Å². The van der Waals surface area contributed by atoms with Gasteiger partial charge in [0.25, 0.3) is 0 Å². The lowest BCUT2D eigenvalue weighted by molar-refractivity contribution is -0.123. The molecule has 2 aromatic rings. The van der Waals surface area contributed by atoms with E-state index in [1.807, 2.05) is 30.5 Å². The Morgan fingerprint density at radius 1 is 1.15 bits per heavy atom. The molecule has 140 valence electrons. The number of nitrogens with one attached hydrogen (secondary N) is 2. The molecule has 0 spiro atoms. The number of amides is 1. The van der Waals surface area contributed by atoms with Crippen LogP contribution in [0.5, 0.6) is 0 Å². The van der Waals surface area contributed by atoms with E-state index >= 15 is 0 Å². The third-order valence-corrected chi connectivity index (χ3v) is 5.08. The first-order chi connectivity index (χ1) is 12.3. The van der Waals surface area contributed by atoms with E-state index in [1.165, 1.54) is 0 Å². The lowest BCUT2D eigenvalue weighted by atomic mass is 9.89. The van der Waals surface area contributed by atoms with Gasteiger partial charge in [-0.3, -0.25) is 9.78 Å². The van der Waals surface area contributed by atoms with Gasteiger partial charge in [0.05, 0.1) is 5.52 Å². The third-order valence-electron chi connectivity index (χ3n) is 4.85. The lowest BCUT2D eigenvalue weighted by Crippen LogP contribution is -2.41.